The highest BCUT2D eigenvalue weighted by Crippen LogP contribution is 2.22. The Morgan fingerprint density at radius 3 is 2.52 bits per heavy atom. The van der Waals surface area contributed by atoms with E-state index >= 15 is 0 Å². The highest BCUT2D eigenvalue weighted by Gasteiger charge is 2.15. The fraction of sp³-hybridized carbons (Fsp3) is 0.211. The number of methoxy groups -OCH3 is 1. The fourth-order valence-corrected chi connectivity index (χ4v) is 3.54. The van der Waals surface area contributed by atoms with Crippen molar-refractivity contribution < 1.29 is 9.53 Å². The van der Waals surface area contributed by atoms with E-state index in [2.05, 4.69) is 4.98 Å². The summed E-state index contributed by atoms with van der Waals surface area (Å²) in [5.41, 5.74) is 3.31. The molecule has 0 aliphatic heterocycles. The second-order valence-corrected chi connectivity index (χ2v) is 6.71. The van der Waals surface area contributed by atoms with Gasteiger partial charge in [-0.25, -0.2) is 4.98 Å². The van der Waals surface area contributed by atoms with Crippen molar-refractivity contribution in [1.82, 2.24) is 9.55 Å². The van der Waals surface area contributed by atoms with Crippen molar-refractivity contribution in [2.24, 2.45) is 0 Å². The summed E-state index contributed by atoms with van der Waals surface area (Å²) >= 11 is 1.19. The highest BCUT2D eigenvalue weighted by molar-refractivity contribution is 7.99. The summed E-state index contributed by atoms with van der Waals surface area (Å²) in [5.74, 6) is -0.272. The summed E-state index contributed by atoms with van der Waals surface area (Å²) < 4.78 is 6.26. The van der Waals surface area contributed by atoms with E-state index in [0.717, 1.165) is 16.8 Å². The molecule has 0 unspecified atom stereocenters. The van der Waals surface area contributed by atoms with E-state index in [4.69, 9.17) is 4.74 Å². The van der Waals surface area contributed by atoms with Crippen LogP contribution in [0.4, 0.5) is 0 Å². The third-order valence-corrected chi connectivity index (χ3v) is 4.67. The van der Waals surface area contributed by atoms with Crippen molar-refractivity contribution >= 4 is 28.6 Å². The van der Waals surface area contributed by atoms with E-state index in [0.29, 0.717) is 16.1 Å². The first-order chi connectivity index (χ1) is 12.0. The van der Waals surface area contributed by atoms with Crippen LogP contribution in [-0.4, -0.2) is 28.4 Å². The number of benzene rings is 2. The van der Waals surface area contributed by atoms with Crippen LogP contribution in [-0.2, 0) is 9.53 Å². The Balaban J connectivity index is 2.24. The number of aromatic nitrogens is 2. The maximum Gasteiger partial charge on any atom is 0.316 e. The predicted octanol–water partition coefficient (Wildman–Crippen LogP) is 3.27. The number of carbonyl (C=O) groups is 1. The van der Waals surface area contributed by atoms with Gasteiger partial charge in [0.1, 0.15) is 0 Å². The van der Waals surface area contributed by atoms with Crippen LogP contribution < -0.4 is 5.56 Å². The number of fused-ring (bicyclic) bond motifs is 1. The van der Waals surface area contributed by atoms with Crippen LogP contribution in [0, 0.1) is 13.8 Å². The van der Waals surface area contributed by atoms with E-state index < -0.39 is 0 Å². The number of hydrogen-bond donors (Lipinski definition) is 0. The standard InChI is InChI=1S/C19H18N2O3S/c1-12-8-13(2)10-14(9-12)21-18(23)15-6-4-5-7-16(15)20-19(21)25-11-17(22)24-3/h4-10H,11H2,1-3H3. The Kier molecular flexibility index (Phi) is 4.90. The number of para-hydroxylation sites is 1. The van der Waals surface area contributed by atoms with Crippen LogP contribution in [0.2, 0.25) is 0 Å². The lowest BCUT2D eigenvalue weighted by molar-refractivity contribution is -0.137. The van der Waals surface area contributed by atoms with Gasteiger partial charge in [0.25, 0.3) is 5.56 Å². The molecule has 6 heteroatoms. The first-order valence-corrected chi connectivity index (χ1v) is 8.78. The van der Waals surface area contributed by atoms with Crippen molar-refractivity contribution in [2.75, 3.05) is 12.9 Å². The van der Waals surface area contributed by atoms with Gasteiger partial charge in [0.2, 0.25) is 0 Å². The van der Waals surface area contributed by atoms with Crippen LogP contribution in [0.25, 0.3) is 16.6 Å². The average Bonchev–Trinajstić information content (AvgIpc) is 2.58. The molecule has 0 N–H and O–H groups in total. The number of ether oxygens (including phenoxy) is 1. The van der Waals surface area contributed by atoms with Gasteiger partial charge in [-0.1, -0.05) is 30.0 Å². The molecule has 0 spiro atoms. The van der Waals surface area contributed by atoms with Crippen molar-refractivity contribution in [3.63, 3.8) is 0 Å². The molecule has 1 aromatic heterocycles. The Labute approximate surface area is 149 Å². The second-order valence-electron chi connectivity index (χ2n) is 5.76. The fourth-order valence-electron chi connectivity index (χ4n) is 2.70. The molecule has 0 fully saturated rings. The number of esters is 1. The van der Waals surface area contributed by atoms with Gasteiger partial charge in [-0.2, -0.15) is 0 Å². The Hall–Kier alpha value is -2.60. The van der Waals surface area contributed by atoms with Gasteiger partial charge in [0.05, 0.1) is 29.5 Å². The Bertz CT molecular complexity index is 991. The molecule has 1 heterocycles. The molecule has 3 aromatic rings. The van der Waals surface area contributed by atoms with E-state index in [1.165, 1.54) is 18.9 Å². The van der Waals surface area contributed by atoms with Gasteiger partial charge < -0.3 is 4.74 Å². The molecule has 0 bridgehead atoms. The number of rotatable bonds is 4. The van der Waals surface area contributed by atoms with Gasteiger partial charge in [0, 0.05) is 0 Å². The summed E-state index contributed by atoms with van der Waals surface area (Å²) in [4.78, 5) is 29.2. The lowest BCUT2D eigenvalue weighted by Gasteiger charge is -2.14. The van der Waals surface area contributed by atoms with Crippen LogP contribution in [0.5, 0.6) is 0 Å². The molecule has 0 amide bonds. The topological polar surface area (TPSA) is 61.2 Å². The van der Waals surface area contributed by atoms with Crippen LogP contribution in [0.1, 0.15) is 11.1 Å². The smallest absolute Gasteiger partial charge is 0.316 e. The van der Waals surface area contributed by atoms with Crippen molar-refractivity contribution in [3.05, 3.63) is 63.9 Å². The highest BCUT2D eigenvalue weighted by atomic mass is 32.2. The molecule has 0 saturated carbocycles. The van der Waals surface area contributed by atoms with Gasteiger partial charge in [0.15, 0.2) is 5.16 Å². The zero-order valence-electron chi connectivity index (χ0n) is 14.3. The first-order valence-electron chi connectivity index (χ1n) is 7.79. The Morgan fingerprint density at radius 1 is 1.16 bits per heavy atom. The molecular formula is C19H18N2O3S. The maximum absolute atomic E-state index is 13.1. The number of hydrogen-bond acceptors (Lipinski definition) is 5. The van der Waals surface area contributed by atoms with Gasteiger partial charge in [-0.05, 0) is 49.2 Å². The molecule has 0 aliphatic carbocycles. The molecule has 25 heavy (non-hydrogen) atoms. The molecule has 0 saturated heterocycles. The number of nitrogens with zero attached hydrogens (tertiary/aromatic N) is 2. The van der Waals surface area contributed by atoms with Gasteiger partial charge >= 0.3 is 5.97 Å². The average molecular weight is 354 g/mol. The van der Waals surface area contributed by atoms with E-state index in [1.807, 2.05) is 44.2 Å². The van der Waals surface area contributed by atoms with Gasteiger partial charge in [-0.3, -0.25) is 14.2 Å². The SMILES string of the molecule is COC(=O)CSc1nc2ccccc2c(=O)n1-c1cc(C)cc(C)c1. The summed E-state index contributed by atoms with van der Waals surface area (Å²) in [7, 11) is 1.34. The minimum atomic E-state index is -0.362. The molecule has 0 radical (unpaired) electrons. The predicted molar refractivity (Wildman–Crippen MR) is 99.6 cm³/mol. The quantitative estimate of drug-likeness (QED) is 0.409. The normalized spacial score (nSPS) is 10.8. The van der Waals surface area contributed by atoms with Crippen molar-refractivity contribution in [1.29, 1.82) is 0 Å². The van der Waals surface area contributed by atoms with E-state index in [1.54, 1.807) is 16.7 Å². The minimum absolute atomic E-state index is 0.0894. The maximum atomic E-state index is 13.1. The molecule has 2 aromatic carbocycles. The summed E-state index contributed by atoms with van der Waals surface area (Å²) in [6, 6.07) is 13.1. The van der Waals surface area contributed by atoms with Crippen LogP contribution in [0.3, 0.4) is 0 Å². The molecule has 128 valence electrons. The third kappa shape index (κ3) is 3.58. The van der Waals surface area contributed by atoms with Crippen molar-refractivity contribution in [3.8, 4) is 5.69 Å². The van der Waals surface area contributed by atoms with Crippen LogP contribution in [0.15, 0.2) is 52.4 Å². The zero-order valence-corrected chi connectivity index (χ0v) is 15.1. The molecule has 5 nitrogen and oxygen atoms in total. The number of thioether (sulfide) groups is 1. The summed E-state index contributed by atoms with van der Waals surface area (Å²) in [5, 5.41) is 1.02. The lowest BCUT2D eigenvalue weighted by Crippen LogP contribution is -2.22. The minimum Gasteiger partial charge on any atom is -0.468 e. The van der Waals surface area contributed by atoms with E-state index in [9.17, 15) is 9.59 Å². The summed E-state index contributed by atoms with van der Waals surface area (Å²) in [6.45, 7) is 3.97. The summed E-state index contributed by atoms with van der Waals surface area (Å²) in [6.07, 6.45) is 0. The lowest BCUT2D eigenvalue weighted by atomic mass is 10.1. The third-order valence-electron chi connectivity index (χ3n) is 3.76. The number of aryl methyl sites for hydroxylation is 2. The monoisotopic (exact) mass is 354 g/mol. The van der Waals surface area contributed by atoms with Gasteiger partial charge in [-0.15, -0.1) is 0 Å². The molecular weight excluding hydrogens is 336 g/mol. The van der Waals surface area contributed by atoms with Crippen molar-refractivity contribution in [2.45, 2.75) is 19.0 Å². The number of carbonyl (C=O) groups excluding carboxylic acids is 1. The first kappa shape index (κ1) is 17.2. The second kappa shape index (κ2) is 7.11. The van der Waals surface area contributed by atoms with Crippen LogP contribution >= 0.6 is 11.8 Å². The zero-order chi connectivity index (χ0) is 18.0. The largest absolute Gasteiger partial charge is 0.468 e. The Morgan fingerprint density at radius 2 is 1.84 bits per heavy atom. The van der Waals surface area contributed by atoms with E-state index in [-0.39, 0.29) is 17.3 Å². The molecule has 0 aliphatic rings. The molecule has 0 atom stereocenters. The molecule has 3 rings (SSSR count).